The number of ketones is 1. The number of hydrogen-bond donors (Lipinski definition) is 2. The Balaban J connectivity index is 1.49. The van der Waals surface area contributed by atoms with Crippen molar-refractivity contribution in [1.29, 1.82) is 0 Å². The Hall–Kier alpha value is -3.51. The molecule has 0 saturated carbocycles. The van der Waals surface area contributed by atoms with Gasteiger partial charge in [-0.25, -0.2) is 0 Å². The molecule has 0 aliphatic carbocycles. The molecule has 0 saturated heterocycles. The van der Waals surface area contributed by atoms with E-state index in [1.165, 1.54) is 12.5 Å². The fraction of sp³-hybridized carbons (Fsp3) is 0.125. The van der Waals surface area contributed by atoms with E-state index in [2.05, 4.69) is 22.8 Å². The van der Waals surface area contributed by atoms with Gasteiger partial charge in [-0.15, -0.1) is 0 Å². The van der Waals surface area contributed by atoms with Crippen LogP contribution >= 0.6 is 12.2 Å². The summed E-state index contributed by atoms with van der Waals surface area (Å²) in [4.78, 5) is 23.9. The van der Waals surface area contributed by atoms with Crippen LogP contribution in [0, 0.1) is 0 Å². The van der Waals surface area contributed by atoms with Gasteiger partial charge < -0.3 is 10.1 Å². The van der Waals surface area contributed by atoms with Crippen molar-refractivity contribution in [1.82, 2.24) is 5.32 Å². The summed E-state index contributed by atoms with van der Waals surface area (Å²) < 4.78 is 5.74. The zero-order valence-electron chi connectivity index (χ0n) is 16.6. The van der Waals surface area contributed by atoms with Gasteiger partial charge in [0, 0.05) is 23.2 Å². The second kappa shape index (κ2) is 10.3. The Labute approximate surface area is 181 Å². The molecule has 6 heteroatoms. The zero-order valence-corrected chi connectivity index (χ0v) is 17.4. The number of carbonyl (C=O) groups excluding carboxylic acids is 2. The van der Waals surface area contributed by atoms with E-state index in [9.17, 15) is 9.59 Å². The first-order valence-corrected chi connectivity index (χ1v) is 9.92. The van der Waals surface area contributed by atoms with Gasteiger partial charge in [0.1, 0.15) is 5.75 Å². The first-order valence-electron chi connectivity index (χ1n) is 9.51. The smallest absolute Gasteiger partial charge is 0.257 e. The van der Waals surface area contributed by atoms with Gasteiger partial charge in [0.2, 0.25) is 0 Å². The molecule has 0 aromatic heterocycles. The molecule has 5 nitrogen and oxygen atoms in total. The average Bonchev–Trinajstić information content (AvgIpc) is 2.75. The van der Waals surface area contributed by atoms with Crippen molar-refractivity contribution in [3.05, 3.63) is 95.6 Å². The largest absolute Gasteiger partial charge is 0.493 e. The molecule has 0 radical (unpaired) electrons. The van der Waals surface area contributed by atoms with E-state index >= 15 is 0 Å². The van der Waals surface area contributed by atoms with Gasteiger partial charge in [0.25, 0.3) is 5.91 Å². The van der Waals surface area contributed by atoms with E-state index in [0.717, 1.165) is 6.42 Å². The number of hydrogen-bond acceptors (Lipinski definition) is 4. The van der Waals surface area contributed by atoms with Gasteiger partial charge in [-0.05, 0) is 61.1 Å². The second-order valence-corrected chi connectivity index (χ2v) is 7.06. The monoisotopic (exact) mass is 418 g/mol. The summed E-state index contributed by atoms with van der Waals surface area (Å²) in [5, 5.41) is 5.70. The maximum atomic E-state index is 12.4. The van der Waals surface area contributed by atoms with E-state index < -0.39 is 0 Å². The average molecular weight is 419 g/mol. The number of thiocarbonyl (C=S) groups is 1. The molecule has 3 rings (SSSR count). The van der Waals surface area contributed by atoms with Gasteiger partial charge in [-0.3, -0.25) is 14.9 Å². The molecular formula is C24H22N2O3S. The van der Waals surface area contributed by atoms with Crippen LogP contribution in [-0.2, 0) is 6.42 Å². The number of carbonyl (C=O) groups is 2. The lowest BCUT2D eigenvalue weighted by Gasteiger charge is -2.11. The third kappa shape index (κ3) is 6.25. The minimum Gasteiger partial charge on any atom is -0.493 e. The van der Waals surface area contributed by atoms with Gasteiger partial charge in [0.05, 0.1) is 6.61 Å². The van der Waals surface area contributed by atoms with Crippen molar-refractivity contribution in [2.75, 3.05) is 11.9 Å². The number of ether oxygens (including phenoxy) is 1. The lowest BCUT2D eigenvalue weighted by molar-refractivity contribution is 0.0975. The molecule has 3 aromatic rings. The number of amides is 1. The van der Waals surface area contributed by atoms with Crippen molar-refractivity contribution >= 4 is 34.7 Å². The maximum absolute atomic E-state index is 12.4. The van der Waals surface area contributed by atoms with E-state index in [1.807, 2.05) is 18.2 Å². The fourth-order valence-corrected chi connectivity index (χ4v) is 3.00. The number of Topliss-reactive ketones (excluding diaryl/α,β-unsaturated/α-hetero) is 1. The van der Waals surface area contributed by atoms with Crippen LogP contribution in [0.2, 0.25) is 0 Å². The van der Waals surface area contributed by atoms with Crippen LogP contribution in [-0.4, -0.2) is 23.4 Å². The maximum Gasteiger partial charge on any atom is 0.257 e. The van der Waals surface area contributed by atoms with E-state index in [1.54, 1.807) is 48.5 Å². The van der Waals surface area contributed by atoms with Crippen LogP contribution in [0.1, 0.15) is 33.2 Å². The molecule has 30 heavy (non-hydrogen) atoms. The number of anilines is 1. The SMILES string of the molecule is CC(=O)c1cccc(NC(=S)NC(=O)c2ccc(OCCc3ccccc3)cc2)c1. The molecule has 152 valence electrons. The van der Waals surface area contributed by atoms with Crippen molar-refractivity contribution in [3.8, 4) is 5.75 Å². The summed E-state index contributed by atoms with van der Waals surface area (Å²) in [6.45, 7) is 2.05. The highest BCUT2D eigenvalue weighted by Gasteiger charge is 2.09. The number of nitrogens with one attached hydrogen (secondary N) is 2. The van der Waals surface area contributed by atoms with Gasteiger partial charge in [-0.2, -0.15) is 0 Å². The molecule has 0 atom stereocenters. The Morgan fingerprint density at radius 3 is 2.33 bits per heavy atom. The third-order valence-electron chi connectivity index (χ3n) is 4.37. The summed E-state index contributed by atoms with van der Waals surface area (Å²) in [6, 6.07) is 23.9. The Morgan fingerprint density at radius 2 is 1.63 bits per heavy atom. The topological polar surface area (TPSA) is 67.4 Å². The molecule has 3 aromatic carbocycles. The molecule has 2 N–H and O–H groups in total. The summed E-state index contributed by atoms with van der Waals surface area (Å²) in [7, 11) is 0. The molecule has 0 bridgehead atoms. The molecule has 0 aliphatic rings. The van der Waals surface area contributed by atoms with Crippen molar-refractivity contribution in [3.63, 3.8) is 0 Å². The Bertz CT molecular complexity index is 1030. The molecule has 0 heterocycles. The predicted molar refractivity (Wildman–Crippen MR) is 122 cm³/mol. The van der Waals surface area contributed by atoms with Gasteiger partial charge in [-0.1, -0.05) is 42.5 Å². The summed E-state index contributed by atoms with van der Waals surface area (Å²) in [6.07, 6.45) is 0.813. The summed E-state index contributed by atoms with van der Waals surface area (Å²) >= 11 is 5.20. The minimum atomic E-state index is -0.328. The Kier molecular flexibility index (Phi) is 7.29. The van der Waals surface area contributed by atoms with Gasteiger partial charge >= 0.3 is 0 Å². The minimum absolute atomic E-state index is 0.0420. The van der Waals surface area contributed by atoms with E-state index in [0.29, 0.717) is 29.2 Å². The number of benzene rings is 3. The van der Waals surface area contributed by atoms with Crippen LogP contribution in [0.5, 0.6) is 5.75 Å². The molecular weight excluding hydrogens is 396 g/mol. The van der Waals surface area contributed by atoms with Crippen LogP contribution in [0.25, 0.3) is 0 Å². The van der Waals surface area contributed by atoms with Crippen LogP contribution in [0.15, 0.2) is 78.9 Å². The molecule has 0 spiro atoms. The van der Waals surface area contributed by atoms with Crippen molar-refractivity contribution < 1.29 is 14.3 Å². The summed E-state index contributed by atoms with van der Waals surface area (Å²) in [5.41, 5.74) is 2.88. The molecule has 1 amide bonds. The van der Waals surface area contributed by atoms with Crippen LogP contribution in [0.4, 0.5) is 5.69 Å². The normalized spacial score (nSPS) is 10.2. The van der Waals surface area contributed by atoms with Crippen molar-refractivity contribution in [2.45, 2.75) is 13.3 Å². The Morgan fingerprint density at radius 1 is 0.900 bits per heavy atom. The highest BCUT2D eigenvalue weighted by molar-refractivity contribution is 7.80. The first-order chi connectivity index (χ1) is 14.5. The number of rotatable bonds is 7. The quantitative estimate of drug-likeness (QED) is 0.432. The zero-order chi connectivity index (χ0) is 21.3. The van der Waals surface area contributed by atoms with E-state index in [4.69, 9.17) is 17.0 Å². The van der Waals surface area contributed by atoms with Gasteiger partial charge in [0.15, 0.2) is 10.9 Å². The fourth-order valence-electron chi connectivity index (χ4n) is 2.79. The third-order valence-corrected chi connectivity index (χ3v) is 4.58. The molecule has 0 unspecified atom stereocenters. The second-order valence-electron chi connectivity index (χ2n) is 6.65. The lowest BCUT2D eigenvalue weighted by Crippen LogP contribution is -2.34. The molecule has 0 fully saturated rings. The van der Waals surface area contributed by atoms with Crippen LogP contribution < -0.4 is 15.4 Å². The van der Waals surface area contributed by atoms with Crippen LogP contribution in [0.3, 0.4) is 0 Å². The predicted octanol–water partition coefficient (Wildman–Crippen LogP) is 4.64. The highest BCUT2D eigenvalue weighted by Crippen LogP contribution is 2.14. The van der Waals surface area contributed by atoms with Crippen molar-refractivity contribution in [2.24, 2.45) is 0 Å². The lowest BCUT2D eigenvalue weighted by atomic mass is 10.1. The summed E-state index contributed by atoms with van der Waals surface area (Å²) in [5.74, 6) is 0.329. The molecule has 0 aliphatic heterocycles. The first kappa shape index (κ1) is 21.2. The standard InChI is InChI=1S/C24H22N2O3S/c1-17(27)20-8-5-9-21(16-20)25-24(30)26-23(28)19-10-12-22(13-11-19)29-15-14-18-6-3-2-4-7-18/h2-13,16H,14-15H2,1H3,(H2,25,26,28,30). The highest BCUT2D eigenvalue weighted by atomic mass is 32.1. The van der Waals surface area contributed by atoms with E-state index in [-0.39, 0.29) is 16.8 Å².